The van der Waals surface area contributed by atoms with Crippen molar-refractivity contribution in [3.8, 4) is 5.75 Å². The van der Waals surface area contributed by atoms with Crippen molar-refractivity contribution in [2.45, 2.75) is 26.3 Å². The first-order valence-corrected chi connectivity index (χ1v) is 13.2. The first kappa shape index (κ1) is 32.5. The van der Waals surface area contributed by atoms with Gasteiger partial charge in [-0.05, 0) is 81.0 Å². The molecule has 0 saturated carbocycles. The van der Waals surface area contributed by atoms with Crippen molar-refractivity contribution < 1.29 is 23.6 Å². The van der Waals surface area contributed by atoms with Crippen LogP contribution < -0.4 is 14.8 Å². The second-order valence-corrected chi connectivity index (χ2v) is 10.3. The molecule has 0 aliphatic heterocycles. The highest BCUT2D eigenvalue weighted by atomic mass is 32.2. The minimum Gasteiger partial charge on any atom is -0.497 e. The minimum atomic E-state index is -1.59. The summed E-state index contributed by atoms with van der Waals surface area (Å²) in [6, 6.07) is 16.2. The SMILES string of the molecule is CN(C)C.COc1ccc(C2=CC=C(S(=O)NC(C(=O)O)C(C)C)C=CC2)cc1.O=CNc1ccccc1. The lowest BCUT2D eigenvalue weighted by Gasteiger charge is -2.17. The molecule has 0 bridgehead atoms. The molecule has 3 N–H and O–H groups in total. The molecule has 1 aliphatic rings. The molecule has 2 aromatic carbocycles. The molecule has 2 aromatic rings. The van der Waals surface area contributed by atoms with Crippen molar-refractivity contribution in [2.75, 3.05) is 33.6 Å². The number of carbonyl (C=O) groups excluding carboxylic acids is 1. The van der Waals surface area contributed by atoms with Gasteiger partial charge in [0.15, 0.2) is 0 Å². The van der Waals surface area contributed by atoms with Gasteiger partial charge in [-0.25, -0.2) is 8.93 Å². The van der Waals surface area contributed by atoms with Crippen molar-refractivity contribution in [1.29, 1.82) is 0 Å². The predicted molar refractivity (Wildman–Crippen MR) is 156 cm³/mol. The number of nitrogens with zero attached hydrogens (tertiary/aromatic N) is 1. The maximum Gasteiger partial charge on any atom is 0.321 e. The number of ether oxygens (including phenoxy) is 1. The lowest BCUT2D eigenvalue weighted by molar-refractivity contribution is -0.140. The second kappa shape index (κ2) is 17.8. The molecule has 1 amide bonds. The fraction of sp³-hybridized carbons (Fsp3) is 0.310. The molecule has 38 heavy (non-hydrogen) atoms. The number of benzene rings is 2. The van der Waals surface area contributed by atoms with Crippen LogP contribution in [0.25, 0.3) is 5.57 Å². The molecule has 0 aromatic heterocycles. The van der Waals surface area contributed by atoms with Crippen LogP contribution in [0.1, 0.15) is 25.8 Å². The topological polar surface area (TPSA) is 108 Å². The number of amides is 1. The third kappa shape index (κ3) is 12.6. The van der Waals surface area contributed by atoms with Gasteiger partial charge in [0.2, 0.25) is 6.41 Å². The van der Waals surface area contributed by atoms with Gasteiger partial charge in [0, 0.05) is 5.69 Å². The maximum absolute atomic E-state index is 12.5. The van der Waals surface area contributed by atoms with Crippen molar-refractivity contribution in [3.05, 3.63) is 89.4 Å². The molecule has 8 nitrogen and oxygen atoms in total. The number of allylic oxidation sites excluding steroid dienone is 5. The Morgan fingerprint density at radius 3 is 2.16 bits per heavy atom. The Hall–Kier alpha value is -3.53. The van der Waals surface area contributed by atoms with Gasteiger partial charge >= 0.3 is 5.97 Å². The quantitative estimate of drug-likeness (QED) is 0.397. The van der Waals surface area contributed by atoms with Crippen LogP contribution in [0.4, 0.5) is 5.69 Å². The molecule has 3 rings (SSSR count). The molecular weight excluding hydrogens is 502 g/mol. The number of nitrogens with one attached hydrogen (secondary N) is 2. The summed E-state index contributed by atoms with van der Waals surface area (Å²) >= 11 is 0. The number of carboxylic acid groups (broad SMARTS) is 1. The lowest BCUT2D eigenvalue weighted by atomic mass is 10.0. The predicted octanol–water partition coefficient (Wildman–Crippen LogP) is 4.72. The Balaban J connectivity index is 0.000000456. The van der Waals surface area contributed by atoms with Crippen LogP contribution in [0.3, 0.4) is 0 Å². The van der Waals surface area contributed by atoms with E-state index in [-0.39, 0.29) is 5.92 Å². The summed E-state index contributed by atoms with van der Waals surface area (Å²) in [6.45, 7) is 3.56. The molecule has 0 spiro atoms. The lowest BCUT2D eigenvalue weighted by Crippen LogP contribution is -2.41. The van der Waals surface area contributed by atoms with E-state index in [0.29, 0.717) is 17.7 Å². The van der Waals surface area contributed by atoms with Crippen LogP contribution in [-0.2, 0) is 20.6 Å². The molecule has 0 heterocycles. The Morgan fingerprint density at radius 2 is 1.66 bits per heavy atom. The van der Waals surface area contributed by atoms with Gasteiger partial charge in [-0.15, -0.1) is 0 Å². The number of methoxy groups -OCH3 is 1. The average Bonchev–Trinajstić information content (AvgIpc) is 3.14. The average molecular weight is 542 g/mol. The summed E-state index contributed by atoms with van der Waals surface area (Å²) in [4.78, 5) is 23.7. The highest BCUT2D eigenvalue weighted by molar-refractivity contribution is 7.87. The van der Waals surface area contributed by atoms with Gasteiger partial charge in [0.05, 0.1) is 12.0 Å². The number of carbonyl (C=O) groups is 2. The monoisotopic (exact) mass is 541 g/mol. The number of anilines is 1. The van der Waals surface area contributed by atoms with E-state index in [4.69, 9.17) is 4.74 Å². The number of rotatable bonds is 9. The molecule has 0 radical (unpaired) electrons. The fourth-order valence-corrected chi connectivity index (χ4v) is 4.16. The van der Waals surface area contributed by atoms with Gasteiger partial charge in [-0.3, -0.25) is 9.59 Å². The van der Waals surface area contributed by atoms with Gasteiger partial charge in [0.1, 0.15) is 22.8 Å². The minimum absolute atomic E-state index is 0.165. The number of para-hydroxylation sites is 1. The van der Waals surface area contributed by atoms with E-state index in [9.17, 15) is 18.9 Å². The van der Waals surface area contributed by atoms with Gasteiger partial charge in [-0.1, -0.05) is 56.3 Å². The number of hydrogen-bond donors (Lipinski definition) is 3. The van der Waals surface area contributed by atoms with E-state index < -0.39 is 23.0 Å². The van der Waals surface area contributed by atoms with E-state index in [0.717, 1.165) is 22.6 Å². The summed E-state index contributed by atoms with van der Waals surface area (Å²) in [5, 5.41) is 11.8. The smallest absolute Gasteiger partial charge is 0.321 e. The summed E-state index contributed by atoms with van der Waals surface area (Å²) in [5.74, 6) is -0.373. The van der Waals surface area contributed by atoms with Gasteiger partial charge < -0.3 is 20.1 Å². The Bertz CT molecular complexity index is 1110. The molecule has 2 unspecified atom stereocenters. The molecule has 2 atom stereocenters. The van der Waals surface area contributed by atoms with E-state index in [1.807, 2.05) is 92.8 Å². The van der Waals surface area contributed by atoms with Crippen LogP contribution in [0.15, 0.2) is 83.8 Å². The Kier molecular flexibility index (Phi) is 15.3. The summed E-state index contributed by atoms with van der Waals surface area (Å²) in [6.07, 6.45) is 8.76. The highest BCUT2D eigenvalue weighted by Gasteiger charge is 2.24. The van der Waals surface area contributed by atoms with Crippen LogP contribution in [0, 0.1) is 5.92 Å². The van der Waals surface area contributed by atoms with Crippen LogP contribution >= 0.6 is 0 Å². The third-order valence-electron chi connectivity index (χ3n) is 4.91. The normalized spacial score (nSPS) is 13.9. The fourth-order valence-electron chi connectivity index (χ4n) is 3.01. The molecule has 9 heteroatoms. The Morgan fingerprint density at radius 1 is 1.05 bits per heavy atom. The number of carboxylic acids is 1. The zero-order valence-electron chi connectivity index (χ0n) is 22.9. The zero-order chi connectivity index (χ0) is 28.5. The number of aliphatic carboxylic acids is 1. The molecule has 0 saturated heterocycles. The van der Waals surface area contributed by atoms with Crippen molar-refractivity contribution >= 4 is 34.6 Å². The van der Waals surface area contributed by atoms with E-state index in [2.05, 4.69) is 10.0 Å². The zero-order valence-corrected chi connectivity index (χ0v) is 23.7. The van der Waals surface area contributed by atoms with Crippen molar-refractivity contribution in [1.82, 2.24) is 9.62 Å². The summed E-state index contributed by atoms with van der Waals surface area (Å²) in [5.41, 5.74) is 2.98. The third-order valence-corrected chi connectivity index (χ3v) is 6.08. The van der Waals surface area contributed by atoms with Crippen molar-refractivity contribution in [3.63, 3.8) is 0 Å². The van der Waals surface area contributed by atoms with Gasteiger partial charge in [-0.2, -0.15) is 0 Å². The van der Waals surface area contributed by atoms with Crippen LogP contribution in [-0.4, -0.2) is 60.9 Å². The summed E-state index contributed by atoms with van der Waals surface area (Å²) in [7, 11) is 6.04. The molecule has 0 fully saturated rings. The van der Waals surface area contributed by atoms with Crippen LogP contribution in [0.2, 0.25) is 0 Å². The number of hydrogen-bond acceptors (Lipinski definition) is 5. The molecule has 1 aliphatic carbocycles. The van der Waals surface area contributed by atoms with E-state index in [1.165, 1.54) is 0 Å². The highest BCUT2D eigenvalue weighted by Crippen LogP contribution is 2.24. The summed E-state index contributed by atoms with van der Waals surface area (Å²) < 4.78 is 20.3. The van der Waals surface area contributed by atoms with Crippen molar-refractivity contribution in [2.24, 2.45) is 5.92 Å². The maximum atomic E-state index is 12.5. The van der Waals surface area contributed by atoms with E-state index in [1.54, 1.807) is 33.1 Å². The van der Waals surface area contributed by atoms with Crippen LogP contribution in [0.5, 0.6) is 5.75 Å². The molecule has 206 valence electrons. The first-order valence-electron chi connectivity index (χ1n) is 12.1. The standard InChI is InChI=1S/C19H23NO4S.C7H7NO.C3H9N/c1-13(2)18(19(21)22)20-25(23)17-6-4-5-14(9-12-17)15-7-10-16(24-3)11-8-15;9-6-8-7-4-2-1-3-5-7;1-4(2)3/h4,6-13,18,20H,5H2,1-3H3,(H,21,22);1-6H,(H,8,9);1-3H3. The molecular formula is C29H39N3O5S. The second-order valence-electron chi connectivity index (χ2n) is 9.01. The Labute approximate surface area is 228 Å². The largest absolute Gasteiger partial charge is 0.497 e. The first-order chi connectivity index (χ1) is 18.1. The van der Waals surface area contributed by atoms with Gasteiger partial charge in [0.25, 0.3) is 0 Å². The van der Waals surface area contributed by atoms with E-state index >= 15 is 0 Å².